The minimum atomic E-state index is -0.312. The second-order valence-electron chi connectivity index (χ2n) is 6.42. The molecule has 0 bridgehead atoms. The van der Waals surface area contributed by atoms with Gasteiger partial charge in [-0.25, -0.2) is 0 Å². The fourth-order valence-corrected chi connectivity index (χ4v) is 3.65. The van der Waals surface area contributed by atoms with Crippen molar-refractivity contribution in [3.05, 3.63) is 28.2 Å². The number of nitrogens with zero attached hydrogens (tertiary/aromatic N) is 2. The summed E-state index contributed by atoms with van der Waals surface area (Å²) >= 11 is 11.9. The molecule has 2 aliphatic heterocycles. The van der Waals surface area contributed by atoms with Gasteiger partial charge in [0.15, 0.2) is 6.61 Å². The van der Waals surface area contributed by atoms with Crippen molar-refractivity contribution >= 4 is 35.0 Å². The van der Waals surface area contributed by atoms with E-state index in [4.69, 9.17) is 32.7 Å². The Morgan fingerprint density at radius 3 is 2.62 bits per heavy atom. The normalized spacial score (nSPS) is 20.8. The van der Waals surface area contributed by atoms with E-state index < -0.39 is 0 Å². The van der Waals surface area contributed by atoms with Gasteiger partial charge in [0, 0.05) is 37.8 Å². The van der Waals surface area contributed by atoms with Crippen LogP contribution in [0.3, 0.4) is 0 Å². The Labute approximate surface area is 162 Å². The Hall–Kier alpha value is -1.50. The van der Waals surface area contributed by atoms with Crippen molar-refractivity contribution in [1.29, 1.82) is 0 Å². The van der Waals surface area contributed by atoms with Gasteiger partial charge in [0.1, 0.15) is 11.9 Å². The number of benzene rings is 1. The zero-order chi connectivity index (χ0) is 18.5. The van der Waals surface area contributed by atoms with Gasteiger partial charge in [-0.05, 0) is 37.5 Å². The van der Waals surface area contributed by atoms with Crippen molar-refractivity contribution in [3.63, 3.8) is 0 Å². The fraction of sp³-hybridized carbons (Fsp3) is 0.556. The second kappa shape index (κ2) is 8.93. The van der Waals surface area contributed by atoms with Crippen LogP contribution >= 0.6 is 23.2 Å². The summed E-state index contributed by atoms with van der Waals surface area (Å²) in [5, 5.41) is 0.881. The van der Waals surface area contributed by atoms with Crippen LogP contribution in [0, 0.1) is 0 Å². The molecule has 1 aromatic carbocycles. The largest absolute Gasteiger partial charge is 0.482 e. The average Bonchev–Trinajstić information content (AvgIpc) is 3.04. The highest BCUT2D eigenvalue weighted by Gasteiger charge is 2.30. The molecule has 2 fully saturated rings. The van der Waals surface area contributed by atoms with Crippen LogP contribution < -0.4 is 4.74 Å². The first kappa shape index (κ1) is 19.3. The van der Waals surface area contributed by atoms with Crippen LogP contribution in [0.5, 0.6) is 5.75 Å². The molecule has 6 nitrogen and oxygen atoms in total. The molecule has 26 heavy (non-hydrogen) atoms. The molecule has 0 aromatic heterocycles. The highest BCUT2D eigenvalue weighted by Crippen LogP contribution is 2.27. The first-order valence-electron chi connectivity index (χ1n) is 8.80. The van der Waals surface area contributed by atoms with E-state index in [1.54, 1.807) is 28.0 Å². The molecular formula is C18H22Cl2N2O4. The SMILES string of the molecule is O=C(COc1ccc(Cl)cc1Cl)N1CCCN(C(=O)C2CCCO2)CC1. The third kappa shape index (κ3) is 4.81. The summed E-state index contributed by atoms with van der Waals surface area (Å²) in [7, 11) is 0. The van der Waals surface area contributed by atoms with E-state index in [2.05, 4.69) is 0 Å². The van der Waals surface area contributed by atoms with E-state index in [1.807, 2.05) is 0 Å². The molecule has 2 aliphatic rings. The number of hydrogen-bond acceptors (Lipinski definition) is 4. The number of carbonyl (C=O) groups excluding carboxylic acids is 2. The summed E-state index contributed by atoms with van der Waals surface area (Å²) in [6, 6.07) is 4.87. The van der Waals surface area contributed by atoms with Crippen molar-refractivity contribution in [2.24, 2.45) is 0 Å². The van der Waals surface area contributed by atoms with Gasteiger partial charge in [-0.15, -0.1) is 0 Å². The van der Waals surface area contributed by atoms with E-state index in [1.165, 1.54) is 0 Å². The predicted octanol–water partition coefficient (Wildman–Crippen LogP) is 2.61. The zero-order valence-corrected chi connectivity index (χ0v) is 16.0. The van der Waals surface area contributed by atoms with Crippen LogP contribution in [-0.2, 0) is 14.3 Å². The minimum Gasteiger partial charge on any atom is -0.482 e. The maximum Gasteiger partial charge on any atom is 0.260 e. The van der Waals surface area contributed by atoms with Gasteiger partial charge < -0.3 is 19.3 Å². The predicted molar refractivity (Wildman–Crippen MR) is 98.7 cm³/mol. The molecule has 1 atom stereocenters. The van der Waals surface area contributed by atoms with Gasteiger partial charge in [0.25, 0.3) is 11.8 Å². The maximum atomic E-state index is 12.5. The van der Waals surface area contributed by atoms with Gasteiger partial charge >= 0.3 is 0 Å². The number of halogens is 2. The molecule has 2 saturated heterocycles. The summed E-state index contributed by atoms with van der Waals surface area (Å²) in [5.74, 6) is 0.345. The van der Waals surface area contributed by atoms with Crippen LogP contribution in [0.4, 0.5) is 0 Å². The highest BCUT2D eigenvalue weighted by molar-refractivity contribution is 6.35. The lowest BCUT2D eigenvalue weighted by Gasteiger charge is -2.24. The lowest BCUT2D eigenvalue weighted by molar-refractivity contribution is -0.141. The molecule has 2 amide bonds. The van der Waals surface area contributed by atoms with Crippen LogP contribution in [0.15, 0.2) is 18.2 Å². The minimum absolute atomic E-state index is 0.0426. The smallest absolute Gasteiger partial charge is 0.260 e. The van der Waals surface area contributed by atoms with E-state index in [0.29, 0.717) is 48.6 Å². The number of ether oxygens (including phenoxy) is 2. The summed E-state index contributed by atoms with van der Waals surface area (Å²) < 4.78 is 11.0. The summed E-state index contributed by atoms with van der Waals surface area (Å²) in [4.78, 5) is 28.4. The van der Waals surface area contributed by atoms with Gasteiger partial charge in [0.05, 0.1) is 5.02 Å². The van der Waals surface area contributed by atoms with Gasteiger partial charge in [-0.3, -0.25) is 9.59 Å². The zero-order valence-electron chi connectivity index (χ0n) is 14.5. The Morgan fingerprint density at radius 2 is 1.88 bits per heavy atom. The van der Waals surface area contributed by atoms with Gasteiger partial charge in [0.2, 0.25) is 0 Å². The first-order valence-corrected chi connectivity index (χ1v) is 9.56. The molecule has 0 N–H and O–H groups in total. The number of amides is 2. The summed E-state index contributed by atoms with van der Waals surface area (Å²) in [5.41, 5.74) is 0. The van der Waals surface area contributed by atoms with Crippen LogP contribution in [0.25, 0.3) is 0 Å². The summed E-state index contributed by atoms with van der Waals surface area (Å²) in [6.45, 7) is 2.82. The molecule has 0 saturated carbocycles. The second-order valence-corrected chi connectivity index (χ2v) is 7.27. The van der Waals surface area contributed by atoms with Crippen LogP contribution in [0.1, 0.15) is 19.3 Å². The van der Waals surface area contributed by atoms with Crippen molar-refractivity contribution in [2.75, 3.05) is 39.4 Å². The van der Waals surface area contributed by atoms with E-state index >= 15 is 0 Å². The number of rotatable bonds is 4. The molecule has 1 aromatic rings. The maximum absolute atomic E-state index is 12.5. The molecule has 142 valence electrons. The Bertz CT molecular complexity index is 665. The number of hydrogen-bond donors (Lipinski definition) is 0. The lowest BCUT2D eigenvalue weighted by Crippen LogP contribution is -2.42. The monoisotopic (exact) mass is 400 g/mol. The molecule has 1 unspecified atom stereocenters. The number of carbonyl (C=O) groups is 2. The fourth-order valence-electron chi connectivity index (χ4n) is 3.19. The highest BCUT2D eigenvalue weighted by atomic mass is 35.5. The topological polar surface area (TPSA) is 59.1 Å². The Balaban J connectivity index is 1.50. The third-order valence-corrected chi connectivity index (χ3v) is 5.14. The first-order chi connectivity index (χ1) is 12.5. The van der Waals surface area contributed by atoms with Gasteiger partial charge in [-0.2, -0.15) is 0 Å². The van der Waals surface area contributed by atoms with Crippen molar-refractivity contribution in [2.45, 2.75) is 25.4 Å². The van der Waals surface area contributed by atoms with Gasteiger partial charge in [-0.1, -0.05) is 23.2 Å². The van der Waals surface area contributed by atoms with Crippen molar-refractivity contribution < 1.29 is 19.1 Å². The van der Waals surface area contributed by atoms with Crippen molar-refractivity contribution in [3.8, 4) is 5.75 Å². The molecule has 0 spiro atoms. The third-order valence-electron chi connectivity index (χ3n) is 4.61. The van der Waals surface area contributed by atoms with E-state index in [9.17, 15) is 9.59 Å². The standard InChI is InChI=1S/C18H22Cl2N2O4/c19-13-4-5-15(14(20)11-13)26-12-17(23)21-6-2-7-22(9-8-21)18(24)16-3-1-10-25-16/h4-5,11,16H,1-3,6-10,12H2. The Kier molecular flexibility index (Phi) is 6.62. The summed E-state index contributed by atoms with van der Waals surface area (Å²) in [6.07, 6.45) is 2.14. The molecule has 0 aliphatic carbocycles. The van der Waals surface area contributed by atoms with Crippen LogP contribution in [-0.4, -0.2) is 67.1 Å². The molecule has 3 rings (SSSR count). The van der Waals surface area contributed by atoms with E-state index in [0.717, 1.165) is 19.3 Å². The molecule has 0 radical (unpaired) electrons. The van der Waals surface area contributed by atoms with Crippen LogP contribution in [0.2, 0.25) is 10.0 Å². The quantitative estimate of drug-likeness (QED) is 0.779. The average molecular weight is 401 g/mol. The van der Waals surface area contributed by atoms with Crippen molar-refractivity contribution in [1.82, 2.24) is 9.80 Å². The molecular weight excluding hydrogens is 379 g/mol. The Morgan fingerprint density at radius 1 is 1.12 bits per heavy atom. The molecule has 2 heterocycles. The lowest BCUT2D eigenvalue weighted by atomic mass is 10.2. The molecule has 8 heteroatoms. The van der Waals surface area contributed by atoms with E-state index in [-0.39, 0.29) is 24.5 Å².